The molecule has 1 heterocycles. The predicted molar refractivity (Wildman–Crippen MR) is 78.8 cm³/mol. The van der Waals surface area contributed by atoms with Crippen molar-refractivity contribution in [2.75, 3.05) is 12.0 Å². The van der Waals surface area contributed by atoms with Gasteiger partial charge in [0.15, 0.2) is 0 Å². The summed E-state index contributed by atoms with van der Waals surface area (Å²) in [6.45, 7) is 1.65. The molecule has 0 spiro atoms. The van der Waals surface area contributed by atoms with Crippen molar-refractivity contribution in [3.8, 4) is 0 Å². The molecule has 0 fully saturated rings. The molecule has 1 aromatic heterocycles. The number of thiocarbonyl (C=S) groups is 1. The van der Waals surface area contributed by atoms with E-state index in [0.29, 0.717) is 5.69 Å². The van der Waals surface area contributed by atoms with Crippen LogP contribution < -0.4 is 10.5 Å². The monoisotopic (exact) mass is 321 g/mol. The second-order valence-corrected chi connectivity index (χ2v) is 7.64. The van der Waals surface area contributed by atoms with Crippen molar-refractivity contribution < 1.29 is 12.6 Å². The molecule has 1 aromatic rings. The van der Waals surface area contributed by atoms with Gasteiger partial charge in [0.05, 0.1) is 5.69 Å². The molecule has 6 nitrogen and oxygen atoms in total. The lowest BCUT2D eigenvalue weighted by atomic mass is 10.3. The molecule has 2 unspecified atom stereocenters. The lowest BCUT2D eigenvalue weighted by Crippen LogP contribution is -2.36. The Kier molecular flexibility index (Phi) is 5.53. The number of rotatable bonds is 6. The average Bonchev–Trinajstić information content (AvgIpc) is 2.27. The summed E-state index contributed by atoms with van der Waals surface area (Å²) >= 11 is 4.73. The molecule has 1 rings (SSSR count). The molecule has 0 aliphatic carbocycles. The van der Waals surface area contributed by atoms with E-state index in [1.165, 1.54) is 24.6 Å². The van der Waals surface area contributed by atoms with E-state index in [4.69, 9.17) is 18.0 Å². The van der Waals surface area contributed by atoms with E-state index in [0.717, 1.165) is 0 Å². The van der Waals surface area contributed by atoms with Crippen molar-refractivity contribution in [1.29, 1.82) is 0 Å². The van der Waals surface area contributed by atoms with Gasteiger partial charge in [0.25, 0.3) is 0 Å². The van der Waals surface area contributed by atoms with Gasteiger partial charge in [0.1, 0.15) is 9.88 Å². The minimum Gasteiger partial charge on any atom is -0.388 e. The summed E-state index contributed by atoms with van der Waals surface area (Å²) in [4.78, 5) is 3.99. The van der Waals surface area contributed by atoms with Crippen LogP contribution in [0.1, 0.15) is 12.6 Å². The highest BCUT2D eigenvalue weighted by Crippen LogP contribution is 2.08. The zero-order valence-corrected chi connectivity index (χ0v) is 12.9. The summed E-state index contributed by atoms with van der Waals surface area (Å²) < 4.78 is 37.4. The Morgan fingerprint density at radius 1 is 1.58 bits per heavy atom. The van der Waals surface area contributed by atoms with Crippen LogP contribution >= 0.6 is 12.2 Å². The highest BCUT2D eigenvalue weighted by atomic mass is 32.2. The van der Waals surface area contributed by atoms with Crippen LogP contribution in [-0.4, -0.2) is 40.6 Å². The van der Waals surface area contributed by atoms with Crippen molar-refractivity contribution in [3.05, 3.63) is 24.0 Å². The fourth-order valence-corrected chi connectivity index (χ4v) is 3.61. The Morgan fingerprint density at radius 2 is 2.21 bits per heavy atom. The molecule has 0 bridgehead atoms. The van der Waals surface area contributed by atoms with Gasteiger partial charge in [-0.05, 0) is 19.1 Å². The van der Waals surface area contributed by atoms with Gasteiger partial charge in [0.2, 0.25) is 10.0 Å². The molecule has 2 atom stereocenters. The van der Waals surface area contributed by atoms with E-state index in [-0.39, 0.29) is 15.6 Å². The quantitative estimate of drug-likeness (QED) is 0.701. The van der Waals surface area contributed by atoms with Gasteiger partial charge in [-0.3, -0.25) is 9.19 Å². The maximum absolute atomic E-state index is 12.0. The lowest BCUT2D eigenvalue weighted by Gasteiger charge is -2.12. The van der Waals surface area contributed by atoms with Crippen LogP contribution in [0.2, 0.25) is 0 Å². The third kappa shape index (κ3) is 4.94. The van der Waals surface area contributed by atoms with Crippen molar-refractivity contribution in [2.24, 2.45) is 5.73 Å². The maximum Gasteiger partial charge on any atom is 0.242 e. The van der Waals surface area contributed by atoms with Crippen LogP contribution in [0.25, 0.3) is 0 Å². The molecule has 19 heavy (non-hydrogen) atoms. The highest BCUT2D eigenvalue weighted by molar-refractivity contribution is 7.89. The Labute approximate surface area is 120 Å². The topological polar surface area (TPSA) is 102 Å². The van der Waals surface area contributed by atoms with Gasteiger partial charge in [0, 0.05) is 35.0 Å². The molecule has 106 valence electrons. The summed E-state index contributed by atoms with van der Waals surface area (Å²) in [5.41, 5.74) is 5.74. The lowest BCUT2D eigenvalue weighted by molar-refractivity contribution is 0.569. The van der Waals surface area contributed by atoms with Gasteiger partial charge in [-0.2, -0.15) is 0 Å². The van der Waals surface area contributed by atoms with E-state index < -0.39 is 26.9 Å². The molecule has 0 aliphatic rings. The van der Waals surface area contributed by atoms with Gasteiger partial charge in [-0.15, -0.1) is 0 Å². The minimum absolute atomic E-state index is 0.0150. The molecule has 0 amide bonds. The first-order valence-electron chi connectivity index (χ1n) is 5.30. The first-order valence-corrected chi connectivity index (χ1v) is 8.92. The molecule has 0 saturated heterocycles. The second kappa shape index (κ2) is 6.51. The van der Waals surface area contributed by atoms with Crippen molar-refractivity contribution in [2.45, 2.75) is 17.9 Å². The normalized spacial score (nSPS) is 14.8. The number of pyridine rings is 1. The number of aromatic nitrogens is 1. The van der Waals surface area contributed by atoms with Crippen LogP contribution in [0.5, 0.6) is 0 Å². The van der Waals surface area contributed by atoms with Crippen LogP contribution in [-0.2, 0) is 20.8 Å². The highest BCUT2D eigenvalue weighted by Gasteiger charge is 2.18. The largest absolute Gasteiger partial charge is 0.388 e. The smallest absolute Gasteiger partial charge is 0.242 e. The molecular weight excluding hydrogens is 306 g/mol. The standard InChI is InChI=1S/C10H15N3O3S3/c1-7(6-18(2)14)13-19(15,16)8-3-4-9(10(11)17)12-5-8/h3-5,7,13H,6H2,1-2H3,(H2,11,17). The van der Waals surface area contributed by atoms with Gasteiger partial charge in [-0.1, -0.05) is 12.2 Å². The first-order chi connectivity index (χ1) is 8.72. The Balaban J connectivity index is 2.88. The Morgan fingerprint density at radius 3 is 2.63 bits per heavy atom. The molecule has 0 radical (unpaired) electrons. The number of nitrogens with two attached hydrogens (primary N) is 1. The fraction of sp³-hybridized carbons (Fsp3) is 0.400. The van der Waals surface area contributed by atoms with Gasteiger partial charge >= 0.3 is 0 Å². The average molecular weight is 321 g/mol. The summed E-state index contributed by atoms with van der Waals surface area (Å²) in [6, 6.07) is 2.39. The minimum atomic E-state index is -3.68. The molecule has 9 heteroatoms. The number of hydrogen-bond donors (Lipinski definition) is 2. The zero-order valence-electron chi connectivity index (χ0n) is 10.5. The summed E-state index contributed by atoms with van der Waals surface area (Å²) in [7, 11) is -4.75. The summed E-state index contributed by atoms with van der Waals surface area (Å²) in [5, 5.41) is 0. The molecule has 0 aromatic carbocycles. The predicted octanol–water partition coefficient (Wildman–Crippen LogP) is -0.239. The van der Waals surface area contributed by atoms with Crippen molar-refractivity contribution in [3.63, 3.8) is 0 Å². The first kappa shape index (κ1) is 16.2. The molecule has 3 N–H and O–H groups in total. The number of hydrogen-bond acceptors (Lipinski definition) is 5. The zero-order chi connectivity index (χ0) is 14.6. The summed E-state index contributed by atoms with van der Waals surface area (Å²) in [6.07, 6.45) is 2.70. The van der Waals surface area contributed by atoms with Crippen molar-refractivity contribution in [1.82, 2.24) is 9.71 Å². The second-order valence-electron chi connectivity index (χ2n) is 4.01. The van der Waals surface area contributed by atoms with E-state index in [1.54, 1.807) is 6.92 Å². The van der Waals surface area contributed by atoms with Gasteiger partial charge in [-0.25, -0.2) is 13.1 Å². The van der Waals surface area contributed by atoms with Crippen LogP contribution in [0, 0.1) is 0 Å². The SMILES string of the molecule is CC(CS(C)=O)NS(=O)(=O)c1ccc(C(N)=S)nc1. The molecule has 0 saturated carbocycles. The summed E-state index contributed by atoms with van der Waals surface area (Å²) in [5.74, 6) is 0.248. The number of nitrogens with one attached hydrogen (secondary N) is 1. The number of sulfonamides is 1. The Bertz CT molecular complexity index is 584. The molecular formula is C10H15N3O3S3. The van der Waals surface area contributed by atoms with Crippen LogP contribution in [0.4, 0.5) is 0 Å². The number of nitrogens with zero attached hydrogens (tertiary/aromatic N) is 1. The van der Waals surface area contributed by atoms with Crippen LogP contribution in [0.3, 0.4) is 0 Å². The fourth-order valence-electron chi connectivity index (χ4n) is 1.40. The van der Waals surface area contributed by atoms with E-state index in [9.17, 15) is 12.6 Å². The van der Waals surface area contributed by atoms with Crippen LogP contribution in [0.15, 0.2) is 23.2 Å². The molecule has 0 aliphatic heterocycles. The third-order valence-electron chi connectivity index (χ3n) is 2.14. The van der Waals surface area contributed by atoms with E-state index in [1.807, 2.05) is 0 Å². The third-order valence-corrected chi connectivity index (χ3v) is 4.89. The van der Waals surface area contributed by atoms with E-state index >= 15 is 0 Å². The Hall–Kier alpha value is -0.900. The van der Waals surface area contributed by atoms with Crippen molar-refractivity contribution >= 4 is 38.0 Å². The van der Waals surface area contributed by atoms with Gasteiger partial charge < -0.3 is 5.73 Å². The maximum atomic E-state index is 12.0. The van der Waals surface area contributed by atoms with E-state index in [2.05, 4.69) is 9.71 Å².